The van der Waals surface area contributed by atoms with Crippen LogP contribution in [0.15, 0.2) is 24.3 Å². The number of nitrogens with zero attached hydrogens (tertiary/aromatic N) is 1. The number of hydrogen-bond acceptors (Lipinski definition) is 4. The van der Waals surface area contributed by atoms with Gasteiger partial charge in [-0.05, 0) is 36.5 Å². The van der Waals surface area contributed by atoms with Gasteiger partial charge in [0.2, 0.25) is 0 Å². The zero-order chi connectivity index (χ0) is 16.3. The number of carboxylic acid groups (broad SMARTS) is 1. The van der Waals surface area contributed by atoms with Crippen LogP contribution in [0.4, 0.5) is 0 Å². The quantitative estimate of drug-likeness (QED) is 0.782. The van der Waals surface area contributed by atoms with Crippen molar-refractivity contribution in [2.75, 3.05) is 33.4 Å². The van der Waals surface area contributed by atoms with Gasteiger partial charge in [0.15, 0.2) is 0 Å². The molecule has 0 spiro atoms. The molecule has 0 bridgehead atoms. The average Bonchev–Trinajstić information content (AvgIpc) is 3.07. The third-order valence-corrected chi connectivity index (χ3v) is 5.25. The first-order valence-electron chi connectivity index (χ1n) is 8.30. The average molecular weight is 319 g/mol. The van der Waals surface area contributed by atoms with Crippen LogP contribution in [0.5, 0.6) is 5.75 Å². The third-order valence-electron chi connectivity index (χ3n) is 5.25. The molecule has 1 saturated heterocycles. The van der Waals surface area contributed by atoms with Gasteiger partial charge in [-0.1, -0.05) is 18.6 Å². The largest absolute Gasteiger partial charge is 0.491 e. The van der Waals surface area contributed by atoms with Crippen LogP contribution in [0.1, 0.15) is 24.8 Å². The van der Waals surface area contributed by atoms with Crippen molar-refractivity contribution in [1.29, 1.82) is 0 Å². The highest BCUT2D eigenvalue weighted by atomic mass is 16.5. The van der Waals surface area contributed by atoms with Crippen LogP contribution < -0.4 is 4.74 Å². The Labute approximate surface area is 137 Å². The number of carboxylic acids is 1. The maximum absolute atomic E-state index is 11.7. The zero-order valence-corrected chi connectivity index (χ0v) is 13.7. The van der Waals surface area contributed by atoms with Crippen LogP contribution in [-0.2, 0) is 16.1 Å². The van der Waals surface area contributed by atoms with Crippen molar-refractivity contribution in [3.63, 3.8) is 0 Å². The summed E-state index contributed by atoms with van der Waals surface area (Å²) in [4.78, 5) is 14.0. The summed E-state index contributed by atoms with van der Waals surface area (Å²) in [5, 5.41) is 9.64. The monoisotopic (exact) mass is 319 g/mol. The molecule has 1 saturated carbocycles. The van der Waals surface area contributed by atoms with E-state index in [2.05, 4.69) is 17.0 Å². The lowest BCUT2D eigenvalue weighted by molar-refractivity contribution is -0.149. The molecule has 2 aliphatic rings. The normalized spacial score (nSPS) is 27.1. The first-order chi connectivity index (χ1) is 11.1. The topological polar surface area (TPSA) is 59.0 Å². The molecule has 3 rings (SSSR count). The number of ether oxygens (including phenoxy) is 2. The fourth-order valence-electron chi connectivity index (χ4n) is 4.06. The second kappa shape index (κ2) is 6.89. The standard InChI is InChI=1S/C18H25NO4/c1-22-9-10-23-16-6-4-14(5-7-16)11-19-12-15-3-2-8-18(15,13-19)17(20)21/h4-7,15H,2-3,8-13H2,1H3,(H,20,21)/t15-,18+/m0/s1. The molecule has 2 atom stereocenters. The van der Waals surface area contributed by atoms with Gasteiger partial charge in [-0.2, -0.15) is 0 Å². The summed E-state index contributed by atoms with van der Waals surface area (Å²) in [5.41, 5.74) is 0.702. The Hall–Kier alpha value is -1.59. The van der Waals surface area contributed by atoms with Gasteiger partial charge in [-0.15, -0.1) is 0 Å². The summed E-state index contributed by atoms with van der Waals surface area (Å²) in [6.45, 7) is 3.51. The molecule has 126 valence electrons. The minimum Gasteiger partial charge on any atom is -0.491 e. The van der Waals surface area contributed by atoms with E-state index in [0.29, 0.717) is 25.7 Å². The smallest absolute Gasteiger partial charge is 0.311 e. The Bertz CT molecular complexity index is 544. The predicted molar refractivity (Wildman–Crippen MR) is 86.5 cm³/mol. The van der Waals surface area contributed by atoms with Gasteiger partial charge in [0, 0.05) is 26.7 Å². The molecule has 1 aliphatic heterocycles. The Morgan fingerprint density at radius 3 is 2.78 bits per heavy atom. The van der Waals surface area contributed by atoms with Gasteiger partial charge in [-0.3, -0.25) is 9.69 Å². The third kappa shape index (κ3) is 3.35. The molecule has 1 N–H and O–H groups in total. The van der Waals surface area contributed by atoms with Crippen molar-refractivity contribution >= 4 is 5.97 Å². The first kappa shape index (κ1) is 16.3. The summed E-state index contributed by atoms with van der Waals surface area (Å²) in [5.74, 6) is 0.548. The Kier molecular flexibility index (Phi) is 4.87. The van der Waals surface area contributed by atoms with Gasteiger partial charge in [0.1, 0.15) is 12.4 Å². The molecule has 1 aromatic rings. The summed E-state index contributed by atoms with van der Waals surface area (Å²) in [6, 6.07) is 8.05. The van der Waals surface area contributed by atoms with E-state index >= 15 is 0 Å². The minimum atomic E-state index is -0.607. The number of likely N-dealkylation sites (tertiary alicyclic amines) is 1. The van der Waals surface area contributed by atoms with Crippen molar-refractivity contribution in [2.24, 2.45) is 11.3 Å². The molecular formula is C18H25NO4. The SMILES string of the molecule is COCCOc1ccc(CN2C[C@@H]3CCC[C@@]3(C(=O)O)C2)cc1. The lowest BCUT2D eigenvalue weighted by Gasteiger charge is -2.23. The Morgan fingerprint density at radius 2 is 2.13 bits per heavy atom. The van der Waals surface area contributed by atoms with E-state index in [4.69, 9.17) is 9.47 Å². The number of fused-ring (bicyclic) bond motifs is 1. The van der Waals surface area contributed by atoms with Crippen LogP contribution in [0.3, 0.4) is 0 Å². The second-order valence-corrected chi connectivity index (χ2v) is 6.71. The Morgan fingerprint density at radius 1 is 1.35 bits per heavy atom. The molecule has 5 heteroatoms. The molecule has 0 aromatic heterocycles. The number of hydrogen-bond donors (Lipinski definition) is 1. The van der Waals surface area contributed by atoms with Gasteiger partial charge in [-0.25, -0.2) is 0 Å². The molecule has 1 aliphatic carbocycles. The molecule has 0 unspecified atom stereocenters. The van der Waals surface area contributed by atoms with Crippen LogP contribution >= 0.6 is 0 Å². The van der Waals surface area contributed by atoms with Crippen LogP contribution in [0.25, 0.3) is 0 Å². The summed E-state index contributed by atoms with van der Waals surface area (Å²) >= 11 is 0. The number of benzene rings is 1. The molecule has 1 aromatic carbocycles. The number of methoxy groups -OCH3 is 1. The molecule has 2 fully saturated rings. The summed E-state index contributed by atoms with van der Waals surface area (Å²) < 4.78 is 10.5. The number of aliphatic carboxylic acids is 1. The summed E-state index contributed by atoms with van der Waals surface area (Å²) in [7, 11) is 1.65. The van der Waals surface area contributed by atoms with Gasteiger partial charge >= 0.3 is 5.97 Å². The van der Waals surface area contributed by atoms with Crippen molar-refractivity contribution in [3.8, 4) is 5.75 Å². The number of carbonyl (C=O) groups is 1. The van der Waals surface area contributed by atoms with E-state index in [9.17, 15) is 9.90 Å². The fraction of sp³-hybridized carbons (Fsp3) is 0.611. The molecular weight excluding hydrogens is 294 g/mol. The van der Waals surface area contributed by atoms with E-state index < -0.39 is 11.4 Å². The van der Waals surface area contributed by atoms with Crippen LogP contribution in [-0.4, -0.2) is 49.4 Å². The zero-order valence-electron chi connectivity index (χ0n) is 13.7. The van der Waals surface area contributed by atoms with E-state index in [1.54, 1.807) is 7.11 Å². The van der Waals surface area contributed by atoms with Crippen LogP contribution in [0.2, 0.25) is 0 Å². The van der Waals surface area contributed by atoms with Crippen molar-refractivity contribution in [3.05, 3.63) is 29.8 Å². The van der Waals surface area contributed by atoms with Gasteiger partial charge in [0.05, 0.1) is 12.0 Å². The van der Waals surface area contributed by atoms with Gasteiger partial charge in [0.25, 0.3) is 0 Å². The minimum absolute atomic E-state index is 0.316. The predicted octanol–water partition coefficient (Wildman–Crippen LogP) is 2.40. The summed E-state index contributed by atoms with van der Waals surface area (Å²) in [6.07, 6.45) is 2.93. The second-order valence-electron chi connectivity index (χ2n) is 6.71. The highest BCUT2D eigenvalue weighted by Gasteiger charge is 2.54. The van der Waals surface area contributed by atoms with Gasteiger partial charge < -0.3 is 14.6 Å². The van der Waals surface area contributed by atoms with Crippen molar-refractivity contribution in [1.82, 2.24) is 4.90 Å². The maximum Gasteiger partial charge on any atom is 0.311 e. The van der Waals surface area contributed by atoms with Crippen molar-refractivity contribution in [2.45, 2.75) is 25.8 Å². The molecule has 23 heavy (non-hydrogen) atoms. The molecule has 5 nitrogen and oxygen atoms in total. The van der Waals surface area contributed by atoms with E-state index in [-0.39, 0.29) is 0 Å². The van der Waals surface area contributed by atoms with E-state index in [1.807, 2.05) is 12.1 Å². The first-order valence-corrected chi connectivity index (χ1v) is 8.30. The Balaban J connectivity index is 1.57. The van der Waals surface area contributed by atoms with E-state index in [1.165, 1.54) is 5.56 Å². The van der Waals surface area contributed by atoms with E-state index in [0.717, 1.165) is 38.1 Å². The lowest BCUT2D eigenvalue weighted by atomic mass is 9.81. The fourth-order valence-corrected chi connectivity index (χ4v) is 4.06. The highest BCUT2D eigenvalue weighted by Crippen LogP contribution is 2.49. The maximum atomic E-state index is 11.7. The van der Waals surface area contributed by atoms with Crippen LogP contribution in [0, 0.1) is 11.3 Å². The molecule has 1 heterocycles. The lowest BCUT2D eigenvalue weighted by Crippen LogP contribution is -2.35. The highest BCUT2D eigenvalue weighted by molar-refractivity contribution is 5.76. The molecule has 0 radical (unpaired) electrons. The van der Waals surface area contributed by atoms with Crippen molar-refractivity contribution < 1.29 is 19.4 Å². The number of rotatable bonds is 7. The molecule has 0 amide bonds.